The summed E-state index contributed by atoms with van der Waals surface area (Å²) in [7, 11) is 0. The van der Waals surface area contributed by atoms with Gasteiger partial charge in [0.15, 0.2) is 5.76 Å². The molecule has 1 aromatic heterocycles. The van der Waals surface area contributed by atoms with Crippen LogP contribution in [0.3, 0.4) is 0 Å². The second-order valence-corrected chi connectivity index (χ2v) is 7.25. The quantitative estimate of drug-likeness (QED) is 0.545. The van der Waals surface area contributed by atoms with Crippen LogP contribution >= 0.6 is 0 Å². The van der Waals surface area contributed by atoms with Crippen molar-refractivity contribution < 1.29 is 18.7 Å². The Bertz CT molecular complexity index is 906. The van der Waals surface area contributed by atoms with Gasteiger partial charge < -0.3 is 13.9 Å². The minimum absolute atomic E-state index is 0.125. The lowest BCUT2D eigenvalue weighted by atomic mass is 9.71. The molecule has 0 fully saturated rings. The topological polar surface area (TPSA) is 48.7 Å². The van der Waals surface area contributed by atoms with Gasteiger partial charge in [0.25, 0.3) is 0 Å². The number of carbonyl (C=O) groups is 1. The summed E-state index contributed by atoms with van der Waals surface area (Å²) in [6.07, 6.45) is 3.34. The van der Waals surface area contributed by atoms with Gasteiger partial charge in [-0.3, -0.25) is 4.79 Å². The van der Waals surface area contributed by atoms with Crippen molar-refractivity contribution in [2.45, 2.75) is 58.8 Å². The fourth-order valence-corrected chi connectivity index (χ4v) is 3.85. The van der Waals surface area contributed by atoms with Gasteiger partial charge in [-0.2, -0.15) is 0 Å². The van der Waals surface area contributed by atoms with E-state index in [-0.39, 0.29) is 17.8 Å². The third-order valence-corrected chi connectivity index (χ3v) is 5.70. The number of benzene rings is 1. The highest BCUT2D eigenvalue weighted by molar-refractivity contribution is 5.71. The average Bonchev–Trinajstić information content (AvgIpc) is 3.13. The van der Waals surface area contributed by atoms with E-state index in [1.54, 1.807) is 19.1 Å². The normalized spacial score (nSPS) is 14.4. The van der Waals surface area contributed by atoms with Crippen LogP contribution in [0.2, 0.25) is 0 Å². The predicted molar refractivity (Wildman–Crippen MR) is 109 cm³/mol. The van der Waals surface area contributed by atoms with Gasteiger partial charge in [-0.15, -0.1) is 0 Å². The summed E-state index contributed by atoms with van der Waals surface area (Å²) in [5.74, 6) is 8.14. The first kappa shape index (κ1) is 20.1. The molecule has 1 aliphatic rings. The van der Waals surface area contributed by atoms with Gasteiger partial charge in [-0.25, -0.2) is 0 Å². The maximum atomic E-state index is 11.6. The van der Waals surface area contributed by atoms with E-state index in [1.165, 1.54) is 5.56 Å². The number of hydrogen-bond donors (Lipinski definition) is 0. The first-order chi connectivity index (χ1) is 13.5. The van der Waals surface area contributed by atoms with E-state index in [0.29, 0.717) is 18.1 Å². The lowest BCUT2D eigenvalue weighted by molar-refractivity contribution is -0.142. The number of ether oxygens (including phenoxy) is 2. The van der Waals surface area contributed by atoms with Gasteiger partial charge in [-0.1, -0.05) is 19.8 Å². The summed E-state index contributed by atoms with van der Waals surface area (Å²) >= 11 is 0. The molecule has 0 radical (unpaired) electrons. The smallest absolute Gasteiger partial charge is 0.313 e. The Morgan fingerprint density at radius 2 is 1.96 bits per heavy atom. The standard InChI is InChI=1S/C24H28O4/c1-5-24(6-2)12-13-27-22-14-17(4)18(15-21(22)24)8-9-19-10-11-20(28-19)16-23(25)26-7-3/h10-11,14-15H,5-7,12-13,16H2,1-4H3. The molecule has 0 saturated carbocycles. The Kier molecular flexibility index (Phi) is 6.14. The monoisotopic (exact) mass is 380 g/mol. The highest BCUT2D eigenvalue weighted by Gasteiger charge is 2.35. The van der Waals surface area contributed by atoms with E-state index in [0.717, 1.165) is 42.7 Å². The van der Waals surface area contributed by atoms with Crippen LogP contribution in [0.4, 0.5) is 0 Å². The Labute approximate surface area is 167 Å². The SMILES string of the molecule is CCOC(=O)Cc1ccc(C#Cc2cc3c(cc2C)OCCC3(CC)CC)o1. The zero-order chi connectivity index (χ0) is 20.1. The van der Waals surface area contributed by atoms with Crippen molar-refractivity contribution >= 4 is 5.97 Å². The molecule has 4 heteroatoms. The predicted octanol–water partition coefficient (Wildman–Crippen LogP) is 4.93. The molecule has 0 bridgehead atoms. The molecule has 1 aromatic carbocycles. The Balaban J connectivity index is 1.87. The minimum Gasteiger partial charge on any atom is -0.493 e. The first-order valence-corrected chi connectivity index (χ1v) is 10.1. The molecule has 2 aromatic rings. The van der Waals surface area contributed by atoms with Gasteiger partial charge >= 0.3 is 5.97 Å². The number of hydrogen-bond acceptors (Lipinski definition) is 4. The van der Waals surface area contributed by atoms with Crippen LogP contribution in [0, 0.1) is 18.8 Å². The molecule has 3 rings (SSSR count). The first-order valence-electron chi connectivity index (χ1n) is 10.1. The van der Waals surface area contributed by atoms with Crippen molar-refractivity contribution in [3.05, 3.63) is 52.5 Å². The molecule has 0 saturated heterocycles. The molecule has 0 amide bonds. The molecular formula is C24H28O4. The molecule has 0 spiro atoms. The van der Waals surface area contributed by atoms with Gasteiger partial charge in [0.1, 0.15) is 17.9 Å². The third kappa shape index (κ3) is 4.09. The zero-order valence-electron chi connectivity index (χ0n) is 17.2. The molecule has 148 valence electrons. The molecule has 0 atom stereocenters. The number of carbonyl (C=O) groups excluding carboxylic acids is 1. The fourth-order valence-electron chi connectivity index (χ4n) is 3.85. The van der Waals surface area contributed by atoms with Crippen molar-refractivity contribution in [3.8, 4) is 17.6 Å². The summed E-state index contributed by atoms with van der Waals surface area (Å²) in [6, 6.07) is 7.85. The largest absolute Gasteiger partial charge is 0.493 e. The molecule has 28 heavy (non-hydrogen) atoms. The lowest BCUT2D eigenvalue weighted by Gasteiger charge is -2.38. The zero-order valence-corrected chi connectivity index (χ0v) is 17.2. The van der Waals surface area contributed by atoms with Crippen LogP contribution < -0.4 is 4.74 Å². The molecule has 0 unspecified atom stereocenters. The molecule has 4 nitrogen and oxygen atoms in total. The maximum absolute atomic E-state index is 11.6. The maximum Gasteiger partial charge on any atom is 0.313 e. The Morgan fingerprint density at radius 3 is 2.68 bits per heavy atom. The number of fused-ring (bicyclic) bond motifs is 1. The number of aryl methyl sites for hydroxylation is 1. The van der Waals surface area contributed by atoms with Crippen molar-refractivity contribution in [2.75, 3.05) is 13.2 Å². The van der Waals surface area contributed by atoms with Crippen LogP contribution in [-0.4, -0.2) is 19.2 Å². The van der Waals surface area contributed by atoms with Gasteiger partial charge in [0.2, 0.25) is 0 Å². The van der Waals surface area contributed by atoms with Crippen molar-refractivity contribution in [1.82, 2.24) is 0 Å². The molecule has 0 N–H and O–H groups in total. The number of esters is 1. The van der Waals surface area contributed by atoms with E-state index in [1.807, 2.05) is 0 Å². The number of rotatable bonds is 5. The van der Waals surface area contributed by atoms with Crippen LogP contribution in [0.1, 0.15) is 68.2 Å². The van der Waals surface area contributed by atoms with E-state index in [9.17, 15) is 4.79 Å². The van der Waals surface area contributed by atoms with E-state index in [4.69, 9.17) is 13.9 Å². The fraction of sp³-hybridized carbons (Fsp3) is 0.458. The minimum atomic E-state index is -0.294. The van der Waals surface area contributed by atoms with Crippen LogP contribution in [-0.2, 0) is 21.4 Å². The summed E-state index contributed by atoms with van der Waals surface area (Å²) in [5, 5.41) is 0. The number of furan rings is 1. The van der Waals surface area contributed by atoms with E-state index in [2.05, 4.69) is 44.7 Å². The van der Waals surface area contributed by atoms with Crippen molar-refractivity contribution in [1.29, 1.82) is 0 Å². The summed E-state index contributed by atoms with van der Waals surface area (Å²) < 4.78 is 16.5. The van der Waals surface area contributed by atoms with E-state index >= 15 is 0 Å². The average molecular weight is 380 g/mol. The lowest BCUT2D eigenvalue weighted by Crippen LogP contribution is -2.32. The van der Waals surface area contributed by atoms with E-state index < -0.39 is 0 Å². The third-order valence-electron chi connectivity index (χ3n) is 5.70. The molecular weight excluding hydrogens is 352 g/mol. The highest BCUT2D eigenvalue weighted by atomic mass is 16.5. The second-order valence-electron chi connectivity index (χ2n) is 7.25. The van der Waals surface area contributed by atoms with Crippen LogP contribution in [0.25, 0.3) is 0 Å². The van der Waals surface area contributed by atoms with Gasteiger partial charge in [-0.05, 0) is 68.9 Å². The van der Waals surface area contributed by atoms with Crippen molar-refractivity contribution in [3.63, 3.8) is 0 Å². The summed E-state index contributed by atoms with van der Waals surface area (Å²) in [6.45, 7) is 9.47. The highest BCUT2D eigenvalue weighted by Crippen LogP contribution is 2.44. The van der Waals surface area contributed by atoms with Gasteiger partial charge in [0, 0.05) is 16.5 Å². The van der Waals surface area contributed by atoms with Crippen LogP contribution in [0.5, 0.6) is 5.75 Å². The molecule has 2 heterocycles. The van der Waals surface area contributed by atoms with Crippen LogP contribution in [0.15, 0.2) is 28.7 Å². The summed E-state index contributed by atoms with van der Waals surface area (Å²) in [5.41, 5.74) is 3.50. The molecule has 1 aliphatic heterocycles. The molecule has 0 aliphatic carbocycles. The van der Waals surface area contributed by atoms with Gasteiger partial charge in [0.05, 0.1) is 13.2 Å². The summed E-state index contributed by atoms with van der Waals surface area (Å²) in [4.78, 5) is 11.6. The van der Waals surface area contributed by atoms with Crippen molar-refractivity contribution in [2.24, 2.45) is 0 Å². The second kappa shape index (κ2) is 8.56. The Hall–Kier alpha value is -2.67. The Morgan fingerprint density at radius 1 is 1.18 bits per heavy atom.